The maximum Gasteiger partial charge on any atom is 0.322 e. The summed E-state index contributed by atoms with van der Waals surface area (Å²) in [6.45, 7) is 2.18. The molecule has 19 heavy (non-hydrogen) atoms. The van der Waals surface area contributed by atoms with Gasteiger partial charge in [0.2, 0.25) is 5.91 Å². The van der Waals surface area contributed by atoms with Crippen molar-refractivity contribution in [2.24, 2.45) is 0 Å². The Hall–Kier alpha value is -2.04. The second-order valence-electron chi connectivity index (χ2n) is 4.12. The lowest BCUT2D eigenvalue weighted by Gasteiger charge is -2.07. The Morgan fingerprint density at radius 2 is 2.16 bits per heavy atom. The standard InChI is InChI=1S/C14H19NO4/c1-2-11-5-3-6-12(9-11)19-8-4-7-13(16)15-10-14(17)18/h3,5-6,9H,2,4,7-8,10H2,1H3,(H,15,16)(H,17,18). The molecular formula is C14H19NO4. The van der Waals surface area contributed by atoms with E-state index in [0.717, 1.165) is 12.2 Å². The zero-order chi connectivity index (χ0) is 14.1. The summed E-state index contributed by atoms with van der Waals surface area (Å²) in [5.74, 6) is -0.514. The van der Waals surface area contributed by atoms with Gasteiger partial charge in [-0.05, 0) is 30.5 Å². The molecule has 5 heteroatoms. The third-order valence-corrected chi connectivity index (χ3v) is 2.56. The first-order chi connectivity index (χ1) is 9.11. The summed E-state index contributed by atoms with van der Waals surface area (Å²) in [5.41, 5.74) is 1.21. The van der Waals surface area contributed by atoms with Gasteiger partial charge in [0.05, 0.1) is 6.61 Å². The van der Waals surface area contributed by atoms with Crippen molar-refractivity contribution in [2.75, 3.05) is 13.2 Å². The number of benzene rings is 1. The summed E-state index contributed by atoms with van der Waals surface area (Å²) >= 11 is 0. The Balaban J connectivity index is 2.19. The third kappa shape index (κ3) is 6.45. The summed E-state index contributed by atoms with van der Waals surface area (Å²) in [4.78, 5) is 21.5. The molecule has 0 fully saturated rings. The van der Waals surface area contributed by atoms with Gasteiger partial charge in [-0.25, -0.2) is 0 Å². The largest absolute Gasteiger partial charge is 0.494 e. The smallest absolute Gasteiger partial charge is 0.322 e. The van der Waals surface area contributed by atoms with Gasteiger partial charge < -0.3 is 15.2 Å². The number of amides is 1. The normalized spacial score (nSPS) is 9.95. The molecule has 0 saturated carbocycles. The molecule has 5 nitrogen and oxygen atoms in total. The molecule has 0 heterocycles. The van der Waals surface area contributed by atoms with E-state index in [2.05, 4.69) is 12.2 Å². The van der Waals surface area contributed by atoms with Crippen molar-refractivity contribution in [1.29, 1.82) is 0 Å². The molecule has 1 rings (SSSR count). The van der Waals surface area contributed by atoms with Crippen molar-refractivity contribution in [2.45, 2.75) is 26.2 Å². The van der Waals surface area contributed by atoms with Gasteiger partial charge in [-0.3, -0.25) is 9.59 Å². The van der Waals surface area contributed by atoms with E-state index >= 15 is 0 Å². The minimum atomic E-state index is -1.04. The Bertz CT molecular complexity index is 431. The van der Waals surface area contributed by atoms with Gasteiger partial charge in [-0.1, -0.05) is 19.1 Å². The number of carbonyl (C=O) groups excluding carboxylic acids is 1. The van der Waals surface area contributed by atoms with Crippen LogP contribution in [0.5, 0.6) is 5.75 Å². The van der Waals surface area contributed by atoms with E-state index in [1.807, 2.05) is 24.3 Å². The number of aryl methyl sites for hydroxylation is 1. The maximum absolute atomic E-state index is 11.2. The van der Waals surface area contributed by atoms with Gasteiger partial charge in [0.25, 0.3) is 0 Å². The molecule has 0 aliphatic heterocycles. The van der Waals surface area contributed by atoms with Crippen molar-refractivity contribution >= 4 is 11.9 Å². The van der Waals surface area contributed by atoms with Gasteiger partial charge in [0.1, 0.15) is 12.3 Å². The van der Waals surface area contributed by atoms with Crippen molar-refractivity contribution < 1.29 is 19.4 Å². The molecule has 1 aromatic rings. The molecule has 0 aliphatic rings. The minimum Gasteiger partial charge on any atom is -0.494 e. The van der Waals surface area contributed by atoms with E-state index in [-0.39, 0.29) is 18.9 Å². The highest BCUT2D eigenvalue weighted by Crippen LogP contribution is 2.13. The predicted molar refractivity (Wildman–Crippen MR) is 71.2 cm³/mol. The Labute approximate surface area is 112 Å². The topological polar surface area (TPSA) is 75.6 Å². The fourth-order valence-corrected chi connectivity index (χ4v) is 1.54. The molecule has 0 atom stereocenters. The van der Waals surface area contributed by atoms with E-state index in [1.165, 1.54) is 5.56 Å². The molecule has 2 N–H and O–H groups in total. The summed E-state index contributed by atoms with van der Waals surface area (Å²) in [5, 5.41) is 10.7. The summed E-state index contributed by atoms with van der Waals surface area (Å²) in [6, 6.07) is 7.83. The quantitative estimate of drug-likeness (QED) is 0.700. The monoisotopic (exact) mass is 265 g/mol. The molecule has 104 valence electrons. The first-order valence-corrected chi connectivity index (χ1v) is 6.32. The number of rotatable bonds is 8. The highest BCUT2D eigenvalue weighted by molar-refractivity contribution is 5.80. The van der Waals surface area contributed by atoms with Crippen LogP contribution in [0.4, 0.5) is 0 Å². The molecule has 0 saturated heterocycles. The van der Waals surface area contributed by atoms with E-state index in [4.69, 9.17) is 9.84 Å². The first kappa shape index (κ1) is 15.0. The van der Waals surface area contributed by atoms with Crippen molar-refractivity contribution in [1.82, 2.24) is 5.32 Å². The molecule has 1 aromatic carbocycles. The fourth-order valence-electron chi connectivity index (χ4n) is 1.54. The Morgan fingerprint density at radius 1 is 1.37 bits per heavy atom. The van der Waals surface area contributed by atoms with Gasteiger partial charge >= 0.3 is 5.97 Å². The number of carbonyl (C=O) groups is 2. The fraction of sp³-hybridized carbons (Fsp3) is 0.429. The molecule has 0 unspecified atom stereocenters. The average Bonchev–Trinajstić information content (AvgIpc) is 2.41. The van der Waals surface area contributed by atoms with Crippen LogP contribution in [0.15, 0.2) is 24.3 Å². The highest BCUT2D eigenvalue weighted by atomic mass is 16.5. The van der Waals surface area contributed by atoms with Gasteiger partial charge in [0, 0.05) is 6.42 Å². The number of ether oxygens (including phenoxy) is 1. The lowest BCUT2D eigenvalue weighted by atomic mass is 10.2. The van der Waals surface area contributed by atoms with Crippen LogP contribution in [0.25, 0.3) is 0 Å². The van der Waals surface area contributed by atoms with Gasteiger partial charge in [0.15, 0.2) is 0 Å². The van der Waals surface area contributed by atoms with E-state index in [9.17, 15) is 9.59 Å². The zero-order valence-corrected chi connectivity index (χ0v) is 11.0. The maximum atomic E-state index is 11.2. The molecule has 0 aliphatic carbocycles. The minimum absolute atomic E-state index is 0.265. The number of carboxylic acids is 1. The first-order valence-electron chi connectivity index (χ1n) is 6.32. The molecule has 0 aromatic heterocycles. The van der Waals surface area contributed by atoms with Crippen LogP contribution in [0.3, 0.4) is 0 Å². The number of nitrogens with one attached hydrogen (secondary N) is 1. The zero-order valence-electron chi connectivity index (χ0n) is 11.0. The average molecular weight is 265 g/mol. The van der Waals surface area contributed by atoms with Gasteiger partial charge in [-0.2, -0.15) is 0 Å². The van der Waals surface area contributed by atoms with Crippen LogP contribution >= 0.6 is 0 Å². The lowest BCUT2D eigenvalue weighted by Crippen LogP contribution is -2.29. The number of carboxylic acid groups (broad SMARTS) is 1. The summed E-state index contributed by atoms with van der Waals surface area (Å²) in [6.07, 6.45) is 1.78. The summed E-state index contributed by atoms with van der Waals surface area (Å²) in [7, 11) is 0. The second-order valence-corrected chi connectivity index (χ2v) is 4.12. The SMILES string of the molecule is CCc1cccc(OCCCC(=O)NCC(=O)O)c1. The Morgan fingerprint density at radius 3 is 2.84 bits per heavy atom. The van der Waals surface area contributed by atoms with Crippen LogP contribution < -0.4 is 10.1 Å². The third-order valence-electron chi connectivity index (χ3n) is 2.56. The van der Waals surface area contributed by atoms with E-state index in [0.29, 0.717) is 13.0 Å². The molecule has 1 amide bonds. The van der Waals surface area contributed by atoms with Crippen LogP contribution in [-0.4, -0.2) is 30.1 Å². The van der Waals surface area contributed by atoms with E-state index in [1.54, 1.807) is 0 Å². The Kier molecular flexibility index (Phi) is 6.43. The van der Waals surface area contributed by atoms with Crippen LogP contribution in [0, 0.1) is 0 Å². The number of aliphatic carboxylic acids is 1. The predicted octanol–water partition coefficient (Wildman–Crippen LogP) is 1.61. The second kappa shape index (κ2) is 8.13. The van der Waals surface area contributed by atoms with Crippen LogP contribution in [-0.2, 0) is 16.0 Å². The van der Waals surface area contributed by atoms with Crippen molar-refractivity contribution in [3.8, 4) is 5.75 Å². The molecule has 0 radical (unpaired) electrons. The molecule has 0 bridgehead atoms. The summed E-state index contributed by atoms with van der Waals surface area (Å²) < 4.78 is 5.53. The van der Waals surface area contributed by atoms with Crippen molar-refractivity contribution in [3.05, 3.63) is 29.8 Å². The number of hydrogen-bond acceptors (Lipinski definition) is 3. The lowest BCUT2D eigenvalue weighted by molar-refractivity contribution is -0.137. The highest BCUT2D eigenvalue weighted by Gasteiger charge is 2.03. The number of hydrogen-bond donors (Lipinski definition) is 2. The van der Waals surface area contributed by atoms with Crippen LogP contribution in [0.1, 0.15) is 25.3 Å². The molecular weight excluding hydrogens is 246 g/mol. The molecule has 0 spiro atoms. The van der Waals surface area contributed by atoms with Crippen molar-refractivity contribution in [3.63, 3.8) is 0 Å². The van der Waals surface area contributed by atoms with E-state index < -0.39 is 5.97 Å². The van der Waals surface area contributed by atoms with Crippen LogP contribution in [0.2, 0.25) is 0 Å². The van der Waals surface area contributed by atoms with Gasteiger partial charge in [-0.15, -0.1) is 0 Å².